The largest absolute Gasteiger partial charge is 0.414 e. The molecule has 0 aromatic heterocycles. The summed E-state index contributed by atoms with van der Waals surface area (Å²) in [6.45, 7) is 14.1. The zero-order valence-corrected chi connectivity index (χ0v) is 25.1. The lowest BCUT2D eigenvalue weighted by molar-refractivity contribution is -0.0232. The summed E-state index contributed by atoms with van der Waals surface area (Å²) in [6, 6.07) is 0. The molecular formula is C29H56O2Si2. The summed E-state index contributed by atoms with van der Waals surface area (Å²) in [5.41, 5.74) is -2.02. The van der Waals surface area contributed by atoms with Crippen molar-refractivity contribution in [3.8, 4) is 12.3 Å². The maximum atomic E-state index is 8.22. The molecule has 2 saturated carbocycles. The Kier molecular flexibility index (Phi) is 6.69. The molecule has 0 unspecified atom stereocenters. The molecule has 33 heavy (non-hydrogen) atoms. The molecule has 0 radical (unpaired) electrons. The standard InChI is InChI=1S/C29H56O2Si2/c1-13-16-23(17-14-21-28(5,6)31-32(8,9)10)24-19-20-25-26(18-15-22-29(24,25)7)30-33(11,12)27(2,3)4/h1,23-26H,14-22H2,2-12H3/t23-,24+,25-,26-,29+/m0/s1/i5D3,6D3. The first kappa shape index (κ1) is 21.0. The lowest BCUT2D eigenvalue weighted by Gasteiger charge is -2.50. The predicted molar refractivity (Wildman–Crippen MR) is 150 cm³/mol. The van der Waals surface area contributed by atoms with Crippen LogP contribution in [0.3, 0.4) is 0 Å². The van der Waals surface area contributed by atoms with Crippen molar-refractivity contribution in [2.45, 2.75) is 149 Å². The Labute approximate surface area is 218 Å². The first-order valence-electron chi connectivity index (χ1n) is 16.2. The molecule has 0 N–H and O–H groups in total. The third-order valence-corrected chi connectivity index (χ3v) is 14.4. The highest BCUT2D eigenvalue weighted by Crippen LogP contribution is 2.60. The van der Waals surface area contributed by atoms with Crippen LogP contribution < -0.4 is 0 Å². The second kappa shape index (κ2) is 10.5. The molecule has 0 saturated heterocycles. The summed E-state index contributed by atoms with van der Waals surface area (Å²) in [6.07, 6.45) is 13.6. The monoisotopic (exact) mass is 498 g/mol. The Balaban J connectivity index is 2.27. The van der Waals surface area contributed by atoms with E-state index in [1.807, 2.05) is 19.6 Å². The average molecular weight is 499 g/mol. The second-order valence-corrected chi connectivity index (χ2v) is 22.9. The van der Waals surface area contributed by atoms with E-state index in [1.165, 1.54) is 0 Å². The molecule has 0 aromatic rings. The minimum atomic E-state index is -2.75. The molecule has 0 bridgehead atoms. The van der Waals surface area contributed by atoms with Crippen molar-refractivity contribution in [3.05, 3.63) is 0 Å². The normalized spacial score (nSPS) is 33.5. The quantitative estimate of drug-likeness (QED) is 0.221. The molecule has 0 aromatic carbocycles. The first-order chi connectivity index (χ1) is 17.4. The highest BCUT2D eigenvalue weighted by Gasteiger charge is 2.54. The van der Waals surface area contributed by atoms with E-state index in [9.17, 15) is 0 Å². The van der Waals surface area contributed by atoms with Gasteiger partial charge in [0.2, 0.25) is 0 Å². The Morgan fingerprint density at radius 3 is 2.33 bits per heavy atom. The van der Waals surface area contributed by atoms with E-state index in [0.717, 1.165) is 32.1 Å². The molecule has 192 valence electrons. The zero-order chi connectivity index (χ0) is 30.3. The van der Waals surface area contributed by atoms with Gasteiger partial charge in [-0.2, -0.15) is 0 Å². The van der Waals surface area contributed by atoms with E-state index in [-0.39, 0.29) is 28.9 Å². The Morgan fingerprint density at radius 2 is 1.79 bits per heavy atom. The fourth-order valence-electron chi connectivity index (χ4n) is 6.41. The number of hydrogen-bond acceptors (Lipinski definition) is 2. The molecule has 2 rings (SSSR count). The van der Waals surface area contributed by atoms with Crippen molar-refractivity contribution in [2.24, 2.45) is 23.2 Å². The smallest absolute Gasteiger partial charge is 0.192 e. The van der Waals surface area contributed by atoms with Crippen LogP contribution in [0.25, 0.3) is 0 Å². The summed E-state index contributed by atoms with van der Waals surface area (Å²) in [5, 5.41) is 0.168. The molecule has 2 nitrogen and oxygen atoms in total. The van der Waals surface area contributed by atoms with E-state index >= 15 is 0 Å². The van der Waals surface area contributed by atoms with Crippen LogP contribution in [0.4, 0.5) is 0 Å². The number of terminal acetylenes is 1. The fraction of sp³-hybridized carbons (Fsp3) is 0.931. The predicted octanol–water partition coefficient (Wildman–Crippen LogP) is 9.03. The van der Waals surface area contributed by atoms with Gasteiger partial charge in [-0.1, -0.05) is 40.5 Å². The van der Waals surface area contributed by atoms with Crippen molar-refractivity contribution < 1.29 is 17.1 Å². The van der Waals surface area contributed by atoms with Gasteiger partial charge in [0.15, 0.2) is 16.6 Å². The van der Waals surface area contributed by atoms with Crippen LogP contribution in [0.2, 0.25) is 37.8 Å². The lowest BCUT2D eigenvalue weighted by Crippen LogP contribution is -2.50. The minimum absolute atomic E-state index is 0.0185. The van der Waals surface area contributed by atoms with E-state index in [0.29, 0.717) is 31.1 Å². The van der Waals surface area contributed by atoms with Gasteiger partial charge >= 0.3 is 0 Å². The van der Waals surface area contributed by atoms with Gasteiger partial charge in [-0.3, -0.25) is 0 Å². The van der Waals surface area contributed by atoms with Crippen molar-refractivity contribution in [2.75, 3.05) is 0 Å². The zero-order valence-electron chi connectivity index (χ0n) is 29.1. The van der Waals surface area contributed by atoms with Crippen molar-refractivity contribution in [1.82, 2.24) is 0 Å². The van der Waals surface area contributed by atoms with Gasteiger partial charge in [0.05, 0.1) is 5.60 Å². The van der Waals surface area contributed by atoms with Gasteiger partial charge in [-0.25, -0.2) is 0 Å². The third kappa shape index (κ3) is 7.45. The topological polar surface area (TPSA) is 18.5 Å². The van der Waals surface area contributed by atoms with Crippen LogP contribution in [-0.4, -0.2) is 28.3 Å². The van der Waals surface area contributed by atoms with Gasteiger partial charge in [0.25, 0.3) is 0 Å². The number of rotatable bonds is 10. The highest BCUT2D eigenvalue weighted by molar-refractivity contribution is 6.74. The molecule has 0 aliphatic heterocycles. The molecule has 5 atom stereocenters. The van der Waals surface area contributed by atoms with Crippen LogP contribution in [0, 0.1) is 35.5 Å². The minimum Gasteiger partial charge on any atom is -0.414 e. The average Bonchev–Trinajstić information content (AvgIpc) is 3.06. The highest BCUT2D eigenvalue weighted by atomic mass is 28.4. The van der Waals surface area contributed by atoms with E-state index < -0.39 is 35.9 Å². The van der Waals surface area contributed by atoms with Crippen LogP contribution >= 0.6 is 0 Å². The number of hydrogen-bond donors (Lipinski definition) is 0. The van der Waals surface area contributed by atoms with Gasteiger partial charge in [0, 0.05) is 20.7 Å². The van der Waals surface area contributed by atoms with E-state index in [2.05, 4.69) is 46.7 Å². The van der Waals surface area contributed by atoms with Crippen molar-refractivity contribution >= 4 is 16.6 Å². The van der Waals surface area contributed by atoms with Gasteiger partial charge in [-0.05, 0) is 113 Å². The van der Waals surface area contributed by atoms with Crippen molar-refractivity contribution in [3.63, 3.8) is 0 Å². The summed E-state index contributed by atoms with van der Waals surface area (Å²) in [7, 11) is -4.37. The lowest BCUT2D eigenvalue weighted by atomic mass is 9.60. The number of fused-ring (bicyclic) bond motifs is 1. The van der Waals surface area contributed by atoms with Gasteiger partial charge in [0.1, 0.15) is 0 Å². The fourth-order valence-corrected chi connectivity index (χ4v) is 8.95. The molecule has 2 aliphatic carbocycles. The molecule has 0 amide bonds. The maximum absolute atomic E-state index is 8.22. The third-order valence-electron chi connectivity index (χ3n) is 8.92. The first-order valence-corrected chi connectivity index (χ1v) is 19.5. The summed E-state index contributed by atoms with van der Waals surface area (Å²) < 4.78 is 62.4. The molecule has 2 fully saturated rings. The van der Waals surface area contributed by atoms with E-state index in [4.69, 9.17) is 23.5 Å². The molecule has 0 spiro atoms. The second-order valence-electron chi connectivity index (χ2n) is 13.7. The summed E-state index contributed by atoms with van der Waals surface area (Å²) in [5.74, 6) is 4.07. The summed E-state index contributed by atoms with van der Waals surface area (Å²) in [4.78, 5) is 0. The Hall–Kier alpha value is -0.0862. The van der Waals surface area contributed by atoms with Crippen LogP contribution in [0.1, 0.15) is 107 Å². The van der Waals surface area contributed by atoms with E-state index in [1.54, 1.807) is 0 Å². The maximum Gasteiger partial charge on any atom is 0.192 e. The van der Waals surface area contributed by atoms with Gasteiger partial charge < -0.3 is 8.85 Å². The molecule has 4 heteroatoms. The summed E-state index contributed by atoms with van der Waals surface area (Å²) >= 11 is 0. The van der Waals surface area contributed by atoms with Crippen LogP contribution in [0.15, 0.2) is 0 Å². The SMILES string of the molecule is [2H]C([2H])([2H])C(CCC[C@H](CC#C)[C@H]1CC[C@H]2[C@@H](O[Si](C)(C)C(C)(C)C)CCC[C@]12C)(O[Si](C)(C)C)C([2H])([2H])[2H]. The van der Waals surface area contributed by atoms with Crippen LogP contribution in [-0.2, 0) is 8.85 Å². The Bertz CT molecular complexity index is 851. The van der Waals surface area contributed by atoms with Gasteiger partial charge in [-0.15, -0.1) is 12.3 Å². The molecular weight excluding hydrogens is 436 g/mol. The molecule has 2 aliphatic rings. The Morgan fingerprint density at radius 1 is 1.12 bits per heavy atom. The molecule has 0 heterocycles. The van der Waals surface area contributed by atoms with Crippen LogP contribution in [0.5, 0.6) is 0 Å². The van der Waals surface area contributed by atoms with Crippen molar-refractivity contribution in [1.29, 1.82) is 0 Å².